The molecule has 0 N–H and O–H groups in total. The summed E-state index contributed by atoms with van der Waals surface area (Å²) in [5.74, 6) is 0. The molecule has 0 atom stereocenters. The fourth-order valence-electron chi connectivity index (χ4n) is 2.59. The van der Waals surface area contributed by atoms with Gasteiger partial charge in [0.15, 0.2) is 0 Å². The largest absolute Gasteiger partial charge is 0.311 e. The van der Waals surface area contributed by atoms with Crippen LogP contribution in [0.1, 0.15) is 16.7 Å². The third kappa shape index (κ3) is 3.35. The Morgan fingerprint density at radius 3 is 1.30 bits per heavy atom. The fourth-order valence-corrected chi connectivity index (χ4v) is 2.59. The van der Waals surface area contributed by atoms with Crippen LogP contribution in [0.3, 0.4) is 0 Å². The van der Waals surface area contributed by atoms with E-state index in [1.807, 2.05) is 6.08 Å². The number of benzene rings is 3. The predicted octanol–water partition coefficient (Wildman–Crippen LogP) is 6.42. The minimum absolute atomic E-state index is 1.13. The normalized spacial score (nSPS) is 10.3. The maximum atomic E-state index is 3.83. The summed E-state index contributed by atoms with van der Waals surface area (Å²) in [7, 11) is 0. The highest BCUT2D eigenvalue weighted by atomic mass is 15.1. The molecule has 0 aliphatic heterocycles. The third-order valence-electron chi connectivity index (χ3n) is 3.97. The standard InChI is InChI=1S/C22H21N/c1-4-19-9-15-22(16-10-19)23(20-11-5-17(2)6-12-20)21-13-7-18(3)8-14-21/h4-16H,1H2,2-3H3. The predicted molar refractivity (Wildman–Crippen MR) is 101 cm³/mol. The van der Waals surface area contributed by atoms with Crippen LogP contribution in [0.5, 0.6) is 0 Å². The van der Waals surface area contributed by atoms with E-state index in [9.17, 15) is 0 Å². The highest BCUT2D eigenvalue weighted by Gasteiger charge is 2.11. The summed E-state index contributed by atoms with van der Waals surface area (Å²) >= 11 is 0. The van der Waals surface area contributed by atoms with Crippen LogP contribution < -0.4 is 4.90 Å². The topological polar surface area (TPSA) is 3.24 Å². The highest BCUT2D eigenvalue weighted by molar-refractivity contribution is 5.77. The van der Waals surface area contributed by atoms with Crippen LogP contribution in [0.25, 0.3) is 6.08 Å². The van der Waals surface area contributed by atoms with Gasteiger partial charge in [-0.05, 0) is 55.8 Å². The van der Waals surface area contributed by atoms with Crippen molar-refractivity contribution in [1.82, 2.24) is 0 Å². The second-order valence-electron chi connectivity index (χ2n) is 5.80. The average molecular weight is 299 g/mol. The Labute approximate surface area is 138 Å². The zero-order valence-corrected chi connectivity index (χ0v) is 13.7. The van der Waals surface area contributed by atoms with Gasteiger partial charge < -0.3 is 4.90 Å². The Kier molecular flexibility index (Phi) is 4.29. The average Bonchev–Trinajstić information content (AvgIpc) is 2.59. The summed E-state index contributed by atoms with van der Waals surface area (Å²) in [4.78, 5) is 2.27. The second kappa shape index (κ2) is 6.53. The van der Waals surface area contributed by atoms with Crippen molar-refractivity contribution in [2.75, 3.05) is 4.90 Å². The molecule has 0 spiro atoms. The van der Waals surface area contributed by atoms with Gasteiger partial charge in [0.05, 0.1) is 0 Å². The van der Waals surface area contributed by atoms with Gasteiger partial charge in [-0.15, -0.1) is 0 Å². The van der Waals surface area contributed by atoms with E-state index in [2.05, 4.69) is 98.1 Å². The molecule has 1 heteroatoms. The molecule has 0 heterocycles. The number of hydrogen-bond donors (Lipinski definition) is 0. The van der Waals surface area contributed by atoms with E-state index in [-0.39, 0.29) is 0 Å². The van der Waals surface area contributed by atoms with Crippen LogP contribution >= 0.6 is 0 Å². The molecule has 0 bridgehead atoms. The molecule has 0 unspecified atom stereocenters. The summed E-state index contributed by atoms with van der Waals surface area (Å²) in [6, 6.07) is 25.7. The molecule has 23 heavy (non-hydrogen) atoms. The Hall–Kier alpha value is -2.80. The molecule has 114 valence electrons. The lowest BCUT2D eigenvalue weighted by Crippen LogP contribution is -2.09. The number of hydrogen-bond acceptors (Lipinski definition) is 1. The first-order valence-corrected chi connectivity index (χ1v) is 7.83. The van der Waals surface area contributed by atoms with Gasteiger partial charge in [-0.1, -0.05) is 60.2 Å². The van der Waals surface area contributed by atoms with Gasteiger partial charge in [0.1, 0.15) is 0 Å². The van der Waals surface area contributed by atoms with Crippen LogP contribution in [-0.2, 0) is 0 Å². The van der Waals surface area contributed by atoms with Gasteiger partial charge in [-0.25, -0.2) is 0 Å². The van der Waals surface area contributed by atoms with Crippen molar-refractivity contribution in [2.45, 2.75) is 13.8 Å². The third-order valence-corrected chi connectivity index (χ3v) is 3.97. The first-order valence-electron chi connectivity index (χ1n) is 7.83. The molecule has 0 aliphatic carbocycles. The fraction of sp³-hybridized carbons (Fsp3) is 0.0909. The van der Waals surface area contributed by atoms with Crippen LogP contribution in [0, 0.1) is 13.8 Å². The lowest BCUT2D eigenvalue weighted by molar-refractivity contribution is 1.27. The molecule has 3 aromatic rings. The number of anilines is 3. The van der Waals surface area contributed by atoms with Crippen LogP contribution in [-0.4, -0.2) is 0 Å². The summed E-state index contributed by atoms with van der Waals surface area (Å²) in [5.41, 5.74) is 7.11. The first-order chi connectivity index (χ1) is 11.2. The van der Waals surface area contributed by atoms with Crippen LogP contribution in [0.2, 0.25) is 0 Å². The summed E-state index contributed by atoms with van der Waals surface area (Å²) in [5, 5.41) is 0. The molecule has 1 nitrogen and oxygen atoms in total. The molecule has 0 aliphatic rings. The van der Waals surface area contributed by atoms with E-state index in [0.717, 1.165) is 22.6 Å². The molecule has 0 saturated heterocycles. The summed E-state index contributed by atoms with van der Waals surface area (Å²) < 4.78 is 0. The van der Waals surface area contributed by atoms with Gasteiger partial charge >= 0.3 is 0 Å². The lowest BCUT2D eigenvalue weighted by Gasteiger charge is -2.25. The van der Waals surface area contributed by atoms with Crippen molar-refractivity contribution in [3.63, 3.8) is 0 Å². The SMILES string of the molecule is C=Cc1ccc(N(c2ccc(C)cc2)c2ccc(C)cc2)cc1. The molecule has 0 aromatic heterocycles. The quantitative estimate of drug-likeness (QED) is 0.537. The smallest absolute Gasteiger partial charge is 0.0462 e. The van der Waals surface area contributed by atoms with Gasteiger partial charge in [0, 0.05) is 17.1 Å². The molecule has 0 amide bonds. The van der Waals surface area contributed by atoms with Gasteiger partial charge in [0.2, 0.25) is 0 Å². The van der Waals surface area contributed by atoms with Crippen molar-refractivity contribution in [3.8, 4) is 0 Å². The minimum atomic E-state index is 1.13. The number of nitrogens with zero attached hydrogens (tertiary/aromatic N) is 1. The van der Waals surface area contributed by atoms with Crippen molar-refractivity contribution in [1.29, 1.82) is 0 Å². The monoisotopic (exact) mass is 299 g/mol. The Bertz CT molecular complexity index is 735. The Morgan fingerprint density at radius 1 is 0.609 bits per heavy atom. The van der Waals surface area contributed by atoms with E-state index >= 15 is 0 Å². The minimum Gasteiger partial charge on any atom is -0.311 e. The molecular formula is C22H21N. The van der Waals surface area contributed by atoms with Gasteiger partial charge in [-0.2, -0.15) is 0 Å². The molecule has 0 radical (unpaired) electrons. The molecular weight excluding hydrogens is 278 g/mol. The number of aryl methyl sites for hydroxylation is 2. The number of rotatable bonds is 4. The zero-order valence-electron chi connectivity index (χ0n) is 13.7. The van der Waals surface area contributed by atoms with Crippen molar-refractivity contribution < 1.29 is 0 Å². The van der Waals surface area contributed by atoms with Crippen molar-refractivity contribution in [2.24, 2.45) is 0 Å². The maximum absolute atomic E-state index is 3.83. The van der Waals surface area contributed by atoms with Crippen molar-refractivity contribution in [3.05, 3.63) is 96.1 Å². The van der Waals surface area contributed by atoms with Crippen LogP contribution in [0.4, 0.5) is 17.1 Å². The van der Waals surface area contributed by atoms with E-state index in [4.69, 9.17) is 0 Å². The highest BCUT2D eigenvalue weighted by Crippen LogP contribution is 2.34. The zero-order chi connectivity index (χ0) is 16.2. The Balaban J connectivity index is 2.10. The second-order valence-corrected chi connectivity index (χ2v) is 5.80. The van der Waals surface area contributed by atoms with Crippen molar-refractivity contribution >= 4 is 23.1 Å². The molecule has 0 saturated carbocycles. The van der Waals surface area contributed by atoms with Crippen LogP contribution in [0.15, 0.2) is 79.4 Å². The van der Waals surface area contributed by atoms with E-state index in [1.54, 1.807) is 0 Å². The van der Waals surface area contributed by atoms with E-state index in [1.165, 1.54) is 11.1 Å². The van der Waals surface area contributed by atoms with Gasteiger partial charge in [0.25, 0.3) is 0 Å². The maximum Gasteiger partial charge on any atom is 0.0462 e. The molecule has 3 aromatic carbocycles. The lowest BCUT2D eigenvalue weighted by atomic mass is 10.1. The van der Waals surface area contributed by atoms with E-state index in [0.29, 0.717) is 0 Å². The summed E-state index contributed by atoms with van der Waals surface area (Å²) in [6.07, 6.45) is 1.87. The molecule has 3 rings (SSSR count). The van der Waals surface area contributed by atoms with Gasteiger partial charge in [-0.3, -0.25) is 0 Å². The Morgan fingerprint density at radius 2 is 0.957 bits per heavy atom. The first kappa shape index (κ1) is 15.1. The molecule has 0 fully saturated rings. The summed E-state index contributed by atoms with van der Waals surface area (Å²) in [6.45, 7) is 8.05. The van der Waals surface area contributed by atoms with E-state index < -0.39 is 0 Å².